The summed E-state index contributed by atoms with van der Waals surface area (Å²) < 4.78 is 24.8. The molecular formula is C18H24FNO3. The highest BCUT2D eigenvalue weighted by Crippen LogP contribution is 2.39. The molecule has 2 aliphatic rings. The first-order valence-electron chi connectivity index (χ1n) is 8.26. The maximum Gasteiger partial charge on any atom is 0.248 e. The Hall–Kier alpha value is -1.46. The lowest BCUT2D eigenvalue weighted by atomic mass is 9.83. The van der Waals surface area contributed by atoms with E-state index < -0.39 is 0 Å². The molecule has 1 aromatic carbocycles. The summed E-state index contributed by atoms with van der Waals surface area (Å²) in [5, 5.41) is 0. The van der Waals surface area contributed by atoms with Crippen molar-refractivity contribution in [2.75, 3.05) is 33.4 Å². The summed E-state index contributed by atoms with van der Waals surface area (Å²) in [6.07, 6.45) is 3.39. The standard InChI is InChI=1S/C18H24FNO3/c1-22-13-17(21)20-8-6-18(7-9-20)11-14(12-23-18)10-15-4-2-3-5-16(15)19/h2-5,14H,6-13H2,1H3/t14-/m0/s1. The minimum absolute atomic E-state index is 0.0447. The fourth-order valence-electron chi connectivity index (χ4n) is 3.77. The van der Waals surface area contributed by atoms with Crippen LogP contribution < -0.4 is 0 Å². The Morgan fingerprint density at radius 1 is 1.39 bits per heavy atom. The Bertz CT molecular complexity index is 555. The second-order valence-electron chi connectivity index (χ2n) is 6.67. The Morgan fingerprint density at radius 2 is 2.13 bits per heavy atom. The zero-order valence-electron chi connectivity index (χ0n) is 13.6. The topological polar surface area (TPSA) is 38.8 Å². The number of hydrogen-bond acceptors (Lipinski definition) is 3. The smallest absolute Gasteiger partial charge is 0.248 e. The first kappa shape index (κ1) is 16.4. The molecule has 3 rings (SSSR count). The van der Waals surface area contributed by atoms with Crippen molar-refractivity contribution in [1.82, 2.24) is 4.90 Å². The van der Waals surface area contributed by atoms with Crippen LogP contribution in [0.1, 0.15) is 24.8 Å². The van der Waals surface area contributed by atoms with Crippen molar-refractivity contribution in [3.8, 4) is 0 Å². The lowest BCUT2D eigenvalue weighted by Crippen LogP contribution is -2.47. The SMILES string of the molecule is COCC(=O)N1CCC2(CC1)C[C@H](Cc1ccccc1F)CO2. The van der Waals surface area contributed by atoms with Crippen LogP contribution in [0.25, 0.3) is 0 Å². The van der Waals surface area contributed by atoms with Gasteiger partial charge in [-0.2, -0.15) is 0 Å². The molecule has 1 atom stereocenters. The molecular weight excluding hydrogens is 297 g/mol. The van der Waals surface area contributed by atoms with E-state index in [2.05, 4.69) is 0 Å². The number of methoxy groups -OCH3 is 1. The second-order valence-corrected chi connectivity index (χ2v) is 6.67. The second kappa shape index (κ2) is 6.97. The number of hydrogen-bond donors (Lipinski definition) is 0. The number of nitrogens with zero attached hydrogens (tertiary/aromatic N) is 1. The van der Waals surface area contributed by atoms with Crippen LogP contribution in [0.2, 0.25) is 0 Å². The maximum atomic E-state index is 13.8. The summed E-state index contributed by atoms with van der Waals surface area (Å²) in [5.41, 5.74) is 0.644. The number of carbonyl (C=O) groups is 1. The van der Waals surface area contributed by atoms with Crippen LogP contribution in [0.5, 0.6) is 0 Å². The van der Waals surface area contributed by atoms with Crippen LogP contribution in [-0.2, 0) is 20.7 Å². The Labute approximate surface area is 136 Å². The molecule has 0 aromatic heterocycles. The van der Waals surface area contributed by atoms with Crippen molar-refractivity contribution in [2.45, 2.75) is 31.3 Å². The molecule has 2 saturated heterocycles. The average Bonchev–Trinajstić information content (AvgIpc) is 2.93. The lowest BCUT2D eigenvalue weighted by molar-refractivity contribution is -0.139. The summed E-state index contributed by atoms with van der Waals surface area (Å²) in [6, 6.07) is 6.97. The summed E-state index contributed by atoms with van der Waals surface area (Å²) in [4.78, 5) is 13.7. The van der Waals surface area contributed by atoms with Gasteiger partial charge in [-0.3, -0.25) is 4.79 Å². The molecule has 0 unspecified atom stereocenters. The predicted octanol–water partition coefficient (Wildman–Crippen LogP) is 2.41. The van der Waals surface area contributed by atoms with E-state index in [1.54, 1.807) is 6.07 Å². The predicted molar refractivity (Wildman–Crippen MR) is 84.6 cm³/mol. The van der Waals surface area contributed by atoms with Gasteiger partial charge in [0, 0.05) is 20.2 Å². The third-order valence-corrected chi connectivity index (χ3v) is 5.05. The van der Waals surface area contributed by atoms with Crippen LogP contribution in [0.3, 0.4) is 0 Å². The van der Waals surface area contributed by atoms with E-state index in [4.69, 9.17) is 9.47 Å². The molecule has 1 amide bonds. The molecule has 0 N–H and O–H groups in total. The van der Waals surface area contributed by atoms with Crippen LogP contribution in [0.15, 0.2) is 24.3 Å². The van der Waals surface area contributed by atoms with E-state index in [0.717, 1.165) is 31.2 Å². The van der Waals surface area contributed by atoms with Gasteiger partial charge < -0.3 is 14.4 Å². The normalized spacial score (nSPS) is 23.4. The molecule has 1 aromatic rings. The Morgan fingerprint density at radius 3 is 2.83 bits per heavy atom. The van der Waals surface area contributed by atoms with Gasteiger partial charge in [-0.25, -0.2) is 4.39 Å². The van der Waals surface area contributed by atoms with Crippen LogP contribution in [0, 0.1) is 11.7 Å². The number of ether oxygens (including phenoxy) is 2. The third kappa shape index (κ3) is 3.72. The van der Waals surface area contributed by atoms with Crippen molar-refractivity contribution in [3.63, 3.8) is 0 Å². The largest absolute Gasteiger partial charge is 0.375 e. The summed E-state index contributed by atoms with van der Waals surface area (Å²) in [7, 11) is 1.54. The van der Waals surface area contributed by atoms with Gasteiger partial charge >= 0.3 is 0 Å². The Balaban J connectivity index is 1.54. The first-order chi connectivity index (χ1) is 11.1. The lowest BCUT2D eigenvalue weighted by Gasteiger charge is -2.38. The molecule has 5 heteroatoms. The summed E-state index contributed by atoms with van der Waals surface area (Å²) >= 11 is 0. The highest BCUT2D eigenvalue weighted by Gasteiger charge is 2.43. The molecule has 1 spiro atoms. The van der Waals surface area contributed by atoms with Crippen LogP contribution in [0.4, 0.5) is 4.39 Å². The summed E-state index contributed by atoms with van der Waals surface area (Å²) in [5.74, 6) is 0.268. The van der Waals surface area contributed by atoms with Crippen molar-refractivity contribution >= 4 is 5.91 Å². The maximum absolute atomic E-state index is 13.8. The number of halogens is 1. The van der Waals surface area contributed by atoms with E-state index in [0.29, 0.717) is 25.6 Å². The first-order valence-corrected chi connectivity index (χ1v) is 8.26. The minimum atomic E-state index is -0.131. The summed E-state index contributed by atoms with van der Waals surface area (Å²) in [6.45, 7) is 2.26. The monoisotopic (exact) mass is 321 g/mol. The van der Waals surface area contributed by atoms with Gasteiger partial charge in [0.25, 0.3) is 0 Å². The molecule has 4 nitrogen and oxygen atoms in total. The van der Waals surface area contributed by atoms with Crippen molar-refractivity contribution in [1.29, 1.82) is 0 Å². The van der Waals surface area contributed by atoms with E-state index in [1.165, 1.54) is 13.2 Å². The van der Waals surface area contributed by atoms with Gasteiger partial charge in [0.2, 0.25) is 5.91 Å². The number of amides is 1. The highest BCUT2D eigenvalue weighted by atomic mass is 19.1. The molecule has 0 bridgehead atoms. The van der Waals surface area contributed by atoms with Gasteiger partial charge in [-0.05, 0) is 43.2 Å². The fraction of sp³-hybridized carbons (Fsp3) is 0.611. The number of piperidine rings is 1. The molecule has 0 aliphatic carbocycles. The third-order valence-electron chi connectivity index (χ3n) is 5.05. The fourth-order valence-corrected chi connectivity index (χ4v) is 3.77. The van der Waals surface area contributed by atoms with Crippen molar-refractivity contribution < 1.29 is 18.7 Å². The van der Waals surface area contributed by atoms with E-state index in [-0.39, 0.29) is 23.9 Å². The highest BCUT2D eigenvalue weighted by molar-refractivity contribution is 5.77. The molecule has 0 saturated carbocycles. The molecule has 2 fully saturated rings. The van der Waals surface area contributed by atoms with Gasteiger partial charge in [0.15, 0.2) is 0 Å². The van der Waals surface area contributed by atoms with Crippen molar-refractivity contribution in [2.24, 2.45) is 5.92 Å². The average molecular weight is 321 g/mol. The molecule has 0 radical (unpaired) electrons. The van der Waals surface area contributed by atoms with Gasteiger partial charge in [-0.15, -0.1) is 0 Å². The van der Waals surface area contributed by atoms with E-state index >= 15 is 0 Å². The van der Waals surface area contributed by atoms with Crippen molar-refractivity contribution in [3.05, 3.63) is 35.6 Å². The van der Waals surface area contributed by atoms with Crippen LogP contribution >= 0.6 is 0 Å². The quantitative estimate of drug-likeness (QED) is 0.855. The molecule has 23 heavy (non-hydrogen) atoms. The number of rotatable bonds is 4. The molecule has 126 valence electrons. The van der Waals surface area contributed by atoms with E-state index in [1.807, 2.05) is 17.0 Å². The number of likely N-dealkylation sites (tertiary alicyclic amines) is 1. The van der Waals surface area contributed by atoms with E-state index in [9.17, 15) is 9.18 Å². The van der Waals surface area contributed by atoms with Crippen LogP contribution in [-0.4, -0.2) is 49.8 Å². The zero-order valence-corrected chi connectivity index (χ0v) is 13.6. The zero-order chi connectivity index (χ0) is 16.3. The molecule has 2 heterocycles. The van der Waals surface area contributed by atoms with Gasteiger partial charge in [0.05, 0.1) is 12.2 Å². The number of benzene rings is 1. The Kier molecular flexibility index (Phi) is 4.97. The minimum Gasteiger partial charge on any atom is -0.375 e. The van der Waals surface area contributed by atoms with Gasteiger partial charge in [-0.1, -0.05) is 18.2 Å². The molecule has 2 aliphatic heterocycles. The van der Waals surface area contributed by atoms with Gasteiger partial charge in [0.1, 0.15) is 12.4 Å². The number of carbonyl (C=O) groups excluding carboxylic acids is 1.